The second-order valence-corrected chi connectivity index (χ2v) is 4.49. The van der Waals surface area contributed by atoms with Gasteiger partial charge in [0.25, 0.3) is 0 Å². The Bertz CT molecular complexity index is 637. The molecule has 0 aromatic heterocycles. The SMILES string of the molecule is N#Cc1cccc(OCC(O)COc2cccc(N)c2)c1. The van der Waals surface area contributed by atoms with Crippen LogP contribution in [-0.2, 0) is 0 Å². The van der Waals surface area contributed by atoms with Crippen LogP contribution < -0.4 is 15.2 Å². The molecule has 1 unspecified atom stereocenters. The minimum atomic E-state index is -0.780. The smallest absolute Gasteiger partial charge is 0.122 e. The number of nitrogen functional groups attached to an aromatic ring is 1. The fourth-order valence-electron chi connectivity index (χ4n) is 1.69. The molecular formula is C16H16N2O3. The lowest BCUT2D eigenvalue weighted by atomic mass is 10.2. The fraction of sp³-hybridized carbons (Fsp3) is 0.188. The molecule has 0 spiro atoms. The summed E-state index contributed by atoms with van der Waals surface area (Å²) in [7, 11) is 0. The Morgan fingerprint density at radius 1 is 1.05 bits per heavy atom. The van der Waals surface area contributed by atoms with Crippen LogP contribution in [0, 0.1) is 11.3 Å². The molecule has 0 saturated heterocycles. The van der Waals surface area contributed by atoms with Gasteiger partial charge in [0.2, 0.25) is 0 Å². The van der Waals surface area contributed by atoms with Gasteiger partial charge in [0, 0.05) is 11.8 Å². The van der Waals surface area contributed by atoms with Crippen LogP contribution in [0.25, 0.3) is 0 Å². The molecular weight excluding hydrogens is 268 g/mol. The number of nitrogens with zero attached hydrogens (tertiary/aromatic N) is 1. The summed E-state index contributed by atoms with van der Waals surface area (Å²) in [5.74, 6) is 1.14. The number of aliphatic hydroxyl groups excluding tert-OH is 1. The molecule has 0 aliphatic heterocycles. The van der Waals surface area contributed by atoms with E-state index in [2.05, 4.69) is 0 Å². The summed E-state index contributed by atoms with van der Waals surface area (Å²) < 4.78 is 10.8. The van der Waals surface area contributed by atoms with Crippen molar-refractivity contribution >= 4 is 5.69 Å². The number of nitriles is 1. The number of rotatable bonds is 6. The van der Waals surface area contributed by atoms with Crippen LogP contribution in [0.15, 0.2) is 48.5 Å². The lowest BCUT2D eigenvalue weighted by Gasteiger charge is -2.14. The van der Waals surface area contributed by atoms with Gasteiger partial charge in [-0.05, 0) is 30.3 Å². The third-order valence-corrected chi connectivity index (χ3v) is 2.71. The first-order valence-corrected chi connectivity index (χ1v) is 6.47. The summed E-state index contributed by atoms with van der Waals surface area (Å²) in [6, 6.07) is 15.8. The van der Waals surface area contributed by atoms with E-state index < -0.39 is 6.10 Å². The summed E-state index contributed by atoms with van der Waals surface area (Å²) in [5, 5.41) is 18.6. The molecule has 0 saturated carbocycles. The lowest BCUT2D eigenvalue weighted by molar-refractivity contribution is 0.0626. The summed E-state index contributed by atoms with van der Waals surface area (Å²) in [6.07, 6.45) is -0.780. The maximum absolute atomic E-state index is 9.82. The Kier molecular flexibility index (Phi) is 5.02. The van der Waals surface area contributed by atoms with Crippen LogP contribution in [0.3, 0.4) is 0 Å². The summed E-state index contributed by atoms with van der Waals surface area (Å²) >= 11 is 0. The van der Waals surface area contributed by atoms with Crippen molar-refractivity contribution in [3.05, 3.63) is 54.1 Å². The fourth-order valence-corrected chi connectivity index (χ4v) is 1.69. The van der Waals surface area contributed by atoms with Gasteiger partial charge in [0.05, 0.1) is 11.6 Å². The Morgan fingerprint density at radius 2 is 1.67 bits per heavy atom. The number of hydrogen-bond donors (Lipinski definition) is 2. The van der Waals surface area contributed by atoms with Crippen LogP contribution in [0.4, 0.5) is 5.69 Å². The number of aliphatic hydroxyl groups is 1. The lowest BCUT2D eigenvalue weighted by Crippen LogP contribution is -2.25. The first-order valence-electron chi connectivity index (χ1n) is 6.47. The predicted octanol–water partition coefficient (Wildman–Crippen LogP) is 1.96. The molecule has 0 aliphatic rings. The van der Waals surface area contributed by atoms with E-state index in [9.17, 15) is 5.11 Å². The first kappa shape index (κ1) is 14.7. The van der Waals surface area contributed by atoms with Crippen molar-refractivity contribution in [2.45, 2.75) is 6.10 Å². The van der Waals surface area contributed by atoms with E-state index >= 15 is 0 Å². The zero-order chi connectivity index (χ0) is 15.1. The largest absolute Gasteiger partial charge is 0.491 e. The van der Waals surface area contributed by atoms with E-state index in [1.165, 1.54) is 0 Å². The Hall–Kier alpha value is -2.71. The average Bonchev–Trinajstić information content (AvgIpc) is 2.51. The van der Waals surface area contributed by atoms with Crippen molar-refractivity contribution in [3.8, 4) is 17.6 Å². The van der Waals surface area contributed by atoms with Gasteiger partial charge >= 0.3 is 0 Å². The van der Waals surface area contributed by atoms with Crippen LogP contribution in [0.1, 0.15) is 5.56 Å². The number of anilines is 1. The summed E-state index contributed by atoms with van der Waals surface area (Å²) in [4.78, 5) is 0. The van der Waals surface area contributed by atoms with Crippen molar-refractivity contribution in [3.63, 3.8) is 0 Å². The zero-order valence-corrected chi connectivity index (χ0v) is 11.4. The minimum absolute atomic E-state index is 0.0806. The first-order chi connectivity index (χ1) is 10.2. The van der Waals surface area contributed by atoms with Crippen molar-refractivity contribution in [1.29, 1.82) is 5.26 Å². The highest BCUT2D eigenvalue weighted by molar-refractivity contribution is 5.43. The third kappa shape index (κ3) is 4.71. The van der Waals surface area contributed by atoms with Gasteiger partial charge in [-0.3, -0.25) is 0 Å². The van der Waals surface area contributed by atoms with Crippen molar-refractivity contribution in [2.75, 3.05) is 18.9 Å². The van der Waals surface area contributed by atoms with Crippen molar-refractivity contribution in [1.82, 2.24) is 0 Å². The van der Waals surface area contributed by atoms with E-state index in [1.807, 2.05) is 6.07 Å². The standard InChI is InChI=1S/C16H16N2O3/c17-9-12-3-1-5-15(7-12)20-10-14(19)11-21-16-6-2-4-13(18)8-16/h1-8,14,19H,10-11,18H2. The maximum atomic E-state index is 9.82. The quantitative estimate of drug-likeness (QED) is 0.792. The van der Waals surface area contributed by atoms with E-state index in [0.29, 0.717) is 22.7 Å². The molecule has 21 heavy (non-hydrogen) atoms. The second kappa shape index (κ2) is 7.17. The maximum Gasteiger partial charge on any atom is 0.122 e. The highest BCUT2D eigenvalue weighted by Crippen LogP contribution is 2.15. The number of nitrogens with two attached hydrogens (primary N) is 1. The molecule has 1 atom stereocenters. The van der Waals surface area contributed by atoms with Crippen LogP contribution in [0.5, 0.6) is 11.5 Å². The molecule has 5 heteroatoms. The normalized spacial score (nSPS) is 11.4. The minimum Gasteiger partial charge on any atom is -0.491 e. The van der Waals surface area contributed by atoms with Gasteiger partial charge < -0.3 is 20.3 Å². The van der Waals surface area contributed by atoms with E-state index in [1.54, 1.807) is 48.5 Å². The van der Waals surface area contributed by atoms with Crippen molar-refractivity contribution < 1.29 is 14.6 Å². The van der Waals surface area contributed by atoms with Gasteiger partial charge in [0.15, 0.2) is 0 Å². The molecule has 0 heterocycles. The summed E-state index contributed by atoms with van der Waals surface area (Å²) in [6.45, 7) is 0.179. The molecule has 2 aromatic rings. The van der Waals surface area contributed by atoms with E-state index in [-0.39, 0.29) is 13.2 Å². The molecule has 0 bridgehead atoms. The van der Waals surface area contributed by atoms with E-state index in [4.69, 9.17) is 20.5 Å². The molecule has 2 rings (SSSR count). The highest BCUT2D eigenvalue weighted by Gasteiger charge is 2.07. The van der Waals surface area contributed by atoms with Crippen LogP contribution in [-0.4, -0.2) is 24.4 Å². The molecule has 0 aliphatic carbocycles. The molecule has 108 valence electrons. The van der Waals surface area contributed by atoms with Gasteiger partial charge in [0.1, 0.15) is 30.8 Å². The molecule has 0 radical (unpaired) electrons. The van der Waals surface area contributed by atoms with Crippen LogP contribution in [0.2, 0.25) is 0 Å². The Labute approximate surface area is 123 Å². The average molecular weight is 284 g/mol. The number of benzene rings is 2. The monoisotopic (exact) mass is 284 g/mol. The highest BCUT2D eigenvalue weighted by atomic mass is 16.5. The molecule has 5 nitrogen and oxygen atoms in total. The molecule has 0 amide bonds. The van der Waals surface area contributed by atoms with Gasteiger partial charge in [-0.1, -0.05) is 12.1 Å². The van der Waals surface area contributed by atoms with Gasteiger partial charge in [-0.2, -0.15) is 5.26 Å². The summed E-state index contributed by atoms with van der Waals surface area (Å²) in [5.41, 5.74) is 6.75. The topological polar surface area (TPSA) is 88.5 Å². The van der Waals surface area contributed by atoms with Gasteiger partial charge in [-0.25, -0.2) is 0 Å². The molecule has 3 N–H and O–H groups in total. The van der Waals surface area contributed by atoms with Crippen LogP contribution >= 0.6 is 0 Å². The molecule has 2 aromatic carbocycles. The second-order valence-electron chi connectivity index (χ2n) is 4.49. The number of hydrogen-bond acceptors (Lipinski definition) is 5. The molecule has 0 fully saturated rings. The third-order valence-electron chi connectivity index (χ3n) is 2.71. The predicted molar refractivity (Wildman–Crippen MR) is 79.0 cm³/mol. The van der Waals surface area contributed by atoms with E-state index in [0.717, 1.165) is 0 Å². The van der Waals surface area contributed by atoms with Gasteiger partial charge in [-0.15, -0.1) is 0 Å². The van der Waals surface area contributed by atoms with Crippen molar-refractivity contribution in [2.24, 2.45) is 0 Å². The Morgan fingerprint density at radius 3 is 2.29 bits per heavy atom. The number of ether oxygens (including phenoxy) is 2. The Balaban J connectivity index is 1.79. The zero-order valence-electron chi connectivity index (χ0n) is 11.4.